The summed E-state index contributed by atoms with van der Waals surface area (Å²) < 4.78 is 11.6. The number of ether oxygens (including phenoxy) is 1. The Kier molecular flexibility index (Phi) is 7.76. The van der Waals surface area contributed by atoms with Crippen molar-refractivity contribution in [3.8, 4) is 5.75 Å². The molecule has 5 rings (SSSR count). The lowest BCUT2D eigenvalue weighted by atomic mass is 9.58. The minimum Gasteiger partial charge on any atom is -0.507 e. The number of imide groups is 1. The lowest BCUT2D eigenvalue weighted by molar-refractivity contribution is -0.138. The highest BCUT2D eigenvalue weighted by Crippen LogP contribution is 2.50. The van der Waals surface area contributed by atoms with Gasteiger partial charge in [-0.2, -0.15) is 0 Å². The molecule has 2 aromatic rings. The van der Waals surface area contributed by atoms with Gasteiger partial charge in [-0.25, -0.2) is 0 Å². The van der Waals surface area contributed by atoms with Gasteiger partial charge in [-0.15, -0.1) is 0 Å². The molecule has 0 bridgehead atoms. The first-order valence-electron chi connectivity index (χ1n) is 13.5. The van der Waals surface area contributed by atoms with Crippen molar-refractivity contribution in [2.75, 3.05) is 20.8 Å². The Morgan fingerprint density at radius 1 is 1.21 bits per heavy atom. The van der Waals surface area contributed by atoms with Gasteiger partial charge in [0.2, 0.25) is 11.8 Å². The summed E-state index contributed by atoms with van der Waals surface area (Å²) in [6.45, 7) is 4.11. The minimum absolute atomic E-state index is 0.157. The van der Waals surface area contributed by atoms with E-state index >= 15 is 0 Å². The van der Waals surface area contributed by atoms with E-state index in [-0.39, 0.29) is 24.1 Å². The molecule has 0 radical (unpaired) electrons. The number of aryl methyl sites for hydroxylation is 2. The quantitative estimate of drug-likeness (QED) is 0.319. The smallest absolute Gasteiger partial charge is 0.455 e. The minimum atomic E-state index is -1.02. The molecule has 9 heteroatoms. The van der Waals surface area contributed by atoms with Crippen LogP contribution in [0.15, 0.2) is 47.7 Å². The van der Waals surface area contributed by atoms with Gasteiger partial charge in [-0.3, -0.25) is 19.5 Å². The molecule has 3 heterocycles. The number of methoxy groups -OCH3 is 1. The van der Waals surface area contributed by atoms with E-state index in [9.17, 15) is 19.7 Å². The number of allylic oxidation sites excluding steroid dienone is 1. The molecule has 2 saturated heterocycles. The Hall–Kier alpha value is -3.27. The number of carbonyl (C=O) groups is 2. The summed E-state index contributed by atoms with van der Waals surface area (Å²) in [6.07, 6.45) is 5.32. The van der Waals surface area contributed by atoms with Crippen LogP contribution in [-0.2, 0) is 19.0 Å². The van der Waals surface area contributed by atoms with Crippen LogP contribution in [0, 0.1) is 31.6 Å². The zero-order chi connectivity index (χ0) is 27.8. The van der Waals surface area contributed by atoms with Gasteiger partial charge in [-0.05, 0) is 109 Å². The number of carbonyl (C=O) groups excluding carboxylic acids is 2. The summed E-state index contributed by atoms with van der Waals surface area (Å²) >= 11 is 0. The second kappa shape index (κ2) is 11.1. The number of aromatic nitrogens is 1. The first-order valence-corrected chi connectivity index (χ1v) is 13.5. The average molecular weight is 530 g/mol. The van der Waals surface area contributed by atoms with Gasteiger partial charge in [-0.1, -0.05) is 6.07 Å². The Bertz CT molecular complexity index is 1320. The number of phenolic OH excluding ortho intramolecular Hbond substituents is 1. The van der Waals surface area contributed by atoms with Gasteiger partial charge in [0.1, 0.15) is 5.75 Å². The number of benzene rings is 1. The molecule has 0 unspecified atom stereocenters. The third kappa shape index (κ3) is 5.18. The number of amides is 2. The highest BCUT2D eigenvalue weighted by atomic mass is 16.5. The van der Waals surface area contributed by atoms with Crippen LogP contribution < -0.4 is 0 Å². The number of likely N-dealkylation sites (tertiary alicyclic amines) is 1. The van der Waals surface area contributed by atoms with E-state index < -0.39 is 25.1 Å². The molecule has 2 amide bonds. The second-order valence-corrected chi connectivity index (χ2v) is 10.9. The van der Waals surface area contributed by atoms with Crippen molar-refractivity contribution < 1.29 is 29.1 Å². The van der Waals surface area contributed by atoms with E-state index in [0.29, 0.717) is 31.6 Å². The summed E-state index contributed by atoms with van der Waals surface area (Å²) in [7, 11) is 2.15. The zero-order valence-electron chi connectivity index (χ0n) is 22.9. The summed E-state index contributed by atoms with van der Waals surface area (Å²) in [5.74, 6) is -1.21. The van der Waals surface area contributed by atoms with Crippen molar-refractivity contribution in [1.29, 1.82) is 0 Å². The number of phenols is 1. The second-order valence-electron chi connectivity index (χ2n) is 10.9. The van der Waals surface area contributed by atoms with Gasteiger partial charge in [0, 0.05) is 20.4 Å². The van der Waals surface area contributed by atoms with Crippen molar-refractivity contribution in [2.24, 2.45) is 17.8 Å². The van der Waals surface area contributed by atoms with Crippen molar-refractivity contribution >= 4 is 30.6 Å². The van der Waals surface area contributed by atoms with Gasteiger partial charge >= 0.3 is 7.12 Å². The fraction of sp³-hybridized carbons (Fsp3) is 0.433. The number of hydrogen-bond donors (Lipinski definition) is 2. The van der Waals surface area contributed by atoms with Crippen LogP contribution >= 0.6 is 0 Å². The van der Waals surface area contributed by atoms with Crippen molar-refractivity contribution in [1.82, 2.24) is 9.88 Å². The van der Waals surface area contributed by atoms with E-state index in [1.54, 1.807) is 20.4 Å². The molecule has 1 aliphatic carbocycles. The molecule has 1 aromatic carbocycles. The number of aromatic hydroxyl groups is 1. The van der Waals surface area contributed by atoms with Crippen LogP contribution in [0.3, 0.4) is 0 Å². The largest absolute Gasteiger partial charge is 0.507 e. The maximum Gasteiger partial charge on any atom is 0.455 e. The average Bonchev–Trinajstić information content (AvgIpc) is 3.13. The Morgan fingerprint density at radius 2 is 1.95 bits per heavy atom. The molecular weight excluding hydrogens is 495 g/mol. The van der Waals surface area contributed by atoms with Gasteiger partial charge < -0.3 is 19.5 Å². The van der Waals surface area contributed by atoms with Crippen LogP contribution in [0.25, 0.3) is 11.6 Å². The molecule has 204 valence electrons. The molecule has 4 atom stereocenters. The van der Waals surface area contributed by atoms with E-state index in [1.807, 2.05) is 44.2 Å². The highest BCUT2D eigenvalue weighted by molar-refractivity contribution is 6.43. The molecule has 2 N–H and O–H groups in total. The molecule has 3 aliphatic rings. The number of pyridine rings is 1. The molecule has 0 spiro atoms. The lowest BCUT2D eigenvalue weighted by Gasteiger charge is -2.43. The molecule has 8 nitrogen and oxygen atoms in total. The molecule has 0 saturated carbocycles. The monoisotopic (exact) mass is 530 g/mol. The molecule has 39 heavy (non-hydrogen) atoms. The van der Waals surface area contributed by atoms with Crippen LogP contribution in [-0.4, -0.2) is 65.8 Å². The molecule has 1 aromatic heterocycles. The third-order valence-corrected chi connectivity index (χ3v) is 8.37. The highest BCUT2D eigenvalue weighted by Gasteiger charge is 2.56. The van der Waals surface area contributed by atoms with Gasteiger partial charge in [0.25, 0.3) is 0 Å². The van der Waals surface area contributed by atoms with Crippen LogP contribution in [0.1, 0.15) is 41.6 Å². The summed E-state index contributed by atoms with van der Waals surface area (Å²) in [5, 5.41) is 21.0. The van der Waals surface area contributed by atoms with Gasteiger partial charge in [0.15, 0.2) is 0 Å². The van der Waals surface area contributed by atoms with Gasteiger partial charge in [0.05, 0.1) is 30.2 Å². The fourth-order valence-electron chi connectivity index (χ4n) is 6.62. The predicted octanol–water partition coefficient (Wildman–Crippen LogP) is 3.80. The standard InChI is InChI=1S/C30H35BN2O6/c1-17-11-19(12-18(2)28(17)34)13-20(24-7-5-6-10-32-24)8-9-25-26-21(16-38-4)14-22-27(23(26)15-31(37)39-25)30(36)33(3)29(22)35/h5-7,10-13,22-23,25,27,34,37H,8-9,14-16H2,1-4H3/b20-13-/t22-,23+,25-,27-/m1/s1. The Balaban J connectivity index is 1.49. The number of nitrogens with zero attached hydrogens (tertiary/aromatic N) is 2. The maximum atomic E-state index is 13.1. The normalized spacial score (nSPS) is 25.3. The zero-order valence-corrected chi connectivity index (χ0v) is 22.9. The van der Waals surface area contributed by atoms with Crippen LogP contribution in [0.5, 0.6) is 5.75 Å². The first kappa shape index (κ1) is 27.3. The molecular formula is C30H35BN2O6. The van der Waals surface area contributed by atoms with E-state index in [1.165, 1.54) is 4.90 Å². The molecule has 2 fully saturated rings. The summed E-state index contributed by atoms with van der Waals surface area (Å²) in [5.41, 5.74) is 6.38. The number of rotatable bonds is 7. The predicted molar refractivity (Wildman–Crippen MR) is 148 cm³/mol. The maximum absolute atomic E-state index is 13.1. The van der Waals surface area contributed by atoms with Crippen molar-refractivity contribution in [3.63, 3.8) is 0 Å². The van der Waals surface area contributed by atoms with Crippen LogP contribution in [0.4, 0.5) is 0 Å². The fourth-order valence-corrected chi connectivity index (χ4v) is 6.62. The number of hydrogen-bond acceptors (Lipinski definition) is 7. The summed E-state index contributed by atoms with van der Waals surface area (Å²) in [6, 6.07) is 9.67. The topological polar surface area (TPSA) is 109 Å². The van der Waals surface area contributed by atoms with E-state index in [0.717, 1.165) is 39.1 Å². The van der Waals surface area contributed by atoms with E-state index in [2.05, 4.69) is 11.1 Å². The number of fused-ring (bicyclic) bond motifs is 3. The van der Waals surface area contributed by atoms with Crippen molar-refractivity contribution in [2.45, 2.75) is 45.5 Å². The lowest BCUT2D eigenvalue weighted by Crippen LogP contribution is -2.46. The Morgan fingerprint density at radius 3 is 2.62 bits per heavy atom. The summed E-state index contributed by atoms with van der Waals surface area (Å²) in [4.78, 5) is 31.8. The van der Waals surface area contributed by atoms with E-state index in [4.69, 9.17) is 9.39 Å². The third-order valence-electron chi connectivity index (χ3n) is 8.37. The molecule has 2 aliphatic heterocycles. The Labute approximate surface area is 229 Å². The first-order chi connectivity index (χ1) is 18.7. The van der Waals surface area contributed by atoms with Crippen LogP contribution in [0.2, 0.25) is 6.32 Å². The SMILES string of the molecule is COCC1=C2[C@@H](CC/C(=C/c3cc(C)c(O)c(C)c3)c3ccccn3)OB(O)C[C@@H]2[C@@H]2C(=O)N(C)C(=O)[C@@H]2C1. The van der Waals surface area contributed by atoms with Crippen molar-refractivity contribution in [3.05, 3.63) is 70.1 Å².